The van der Waals surface area contributed by atoms with E-state index >= 15 is 0 Å². The summed E-state index contributed by atoms with van der Waals surface area (Å²) in [5.74, 6) is -0.203. The van der Waals surface area contributed by atoms with E-state index in [4.69, 9.17) is 0 Å². The molecular weight excluding hydrogens is 368 g/mol. The van der Waals surface area contributed by atoms with Crippen molar-refractivity contribution in [2.75, 3.05) is 6.54 Å². The summed E-state index contributed by atoms with van der Waals surface area (Å²) in [4.78, 5) is 28.4. The molecule has 152 valence electrons. The van der Waals surface area contributed by atoms with Gasteiger partial charge in [-0.2, -0.15) is 0 Å². The van der Waals surface area contributed by atoms with Gasteiger partial charge in [-0.3, -0.25) is 9.59 Å². The standard InChI is InChI=1S/C21H26N6O2/c1-12(2)8-15-11-27-19(21(29)24-15)18(25-26-27)20(28)22-7-6-14-10-23-17-5-4-13(3)9-16(14)17/h4-5,9-10,12,15,23H,6-8,11H2,1-3H3,(H,22,28)(H,24,29)/t15-/m0/s1. The molecule has 29 heavy (non-hydrogen) atoms. The van der Waals surface area contributed by atoms with E-state index < -0.39 is 0 Å². The quantitative estimate of drug-likeness (QED) is 0.596. The monoisotopic (exact) mass is 394 g/mol. The van der Waals surface area contributed by atoms with Crippen LogP contribution in [0.3, 0.4) is 0 Å². The largest absolute Gasteiger partial charge is 0.361 e. The van der Waals surface area contributed by atoms with E-state index in [0.29, 0.717) is 25.4 Å². The molecule has 0 spiro atoms. The van der Waals surface area contributed by atoms with Crippen LogP contribution < -0.4 is 10.6 Å². The van der Waals surface area contributed by atoms with Gasteiger partial charge < -0.3 is 15.6 Å². The van der Waals surface area contributed by atoms with Crippen molar-refractivity contribution in [3.05, 3.63) is 46.9 Å². The molecule has 2 aromatic heterocycles. The van der Waals surface area contributed by atoms with E-state index in [9.17, 15) is 9.59 Å². The minimum absolute atomic E-state index is 0.0120. The lowest BCUT2D eigenvalue weighted by Gasteiger charge is -2.25. The van der Waals surface area contributed by atoms with Gasteiger partial charge in [0.05, 0.1) is 6.54 Å². The van der Waals surface area contributed by atoms with Crippen molar-refractivity contribution in [1.29, 1.82) is 0 Å². The van der Waals surface area contributed by atoms with Gasteiger partial charge in [0.2, 0.25) is 0 Å². The summed E-state index contributed by atoms with van der Waals surface area (Å²) in [5.41, 5.74) is 3.74. The topological polar surface area (TPSA) is 105 Å². The number of rotatable bonds is 6. The number of aromatic amines is 1. The Morgan fingerprint density at radius 3 is 3.00 bits per heavy atom. The molecular formula is C21H26N6O2. The number of nitrogens with one attached hydrogen (secondary N) is 3. The molecule has 3 N–H and O–H groups in total. The maximum Gasteiger partial charge on any atom is 0.274 e. The third-order valence-corrected chi connectivity index (χ3v) is 5.25. The lowest BCUT2D eigenvalue weighted by Crippen LogP contribution is -2.46. The normalized spacial score (nSPS) is 16.1. The van der Waals surface area contributed by atoms with Crippen LogP contribution in [0.2, 0.25) is 0 Å². The molecule has 0 saturated heterocycles. The van der Waals surface area contributed by atoms with Crippen molar-refractivity contribution in [2.24, 2.45) is 5.92 Å². The first kappa shape index (κ1) is 19.2. The van der Waals surface area contributed by atoms with Crippen molar-refractivity contribution >= 4 is 22.7 Å². The van der Waals surface area contributed by atoms with Crippen molar-refractivity contribution in [1.82, 2.24) is 30.6 Å². The predicted molar refractivity (Wildman–Crippen MR) is 110 cm³/mol. The summed E-state index contributed by atoms with van der Waals surface area (Å²) in [7, 11) is 0. The maximum absolute atomic E-state index is 12.6. The van der Waals surface area contributed by atoms with E-state index in [-0.39, 0.29) is 29.2 Å². The Hall–Kier alpha value is -3.16. The highest BCUT2D eigenvalue weighted by molar-refractivity contribution is 6.05. The number of aryl methyl sites for hydroxylation is 1. The number of fused-ring (bicyclic) bond motifs is 2. The number of H-pyrrole nitrogens is 1. The Balaban J connectivity index is 1.41. The fourth-order valence-electron chi connectivity index (χ4n) is 3.92. The van der Waals surface area contributed by atoms with Crippen molar-refractivity contribution < 1.29 is 9.59 Å². The SMILES string of the molecule is Cc1ccc2[nH]cc(CCNC(=O)c3nnn4c3C(=O)N[C@@H](CC(C)C)C4)c2c1. The molecule has 0 aliphatic carbocycles. The molecule has 3 aromatic rings. The first-order valence-corrected chi connectivity index (χ1v) is 10.0. The molecule has 2 amide bonds. The molecule has 1 aromatic carbocycles. The summed E-state index contributed by atoms with van der Waals surface area (Å²) in [5, 5.41) is 15.0. The van der Waals surface area contributed by atoms with Gasteiger partial charge >= 0.3 is 0 Å². The van der Waals surface area contributed by atoms with Gasteiger partial charge in [-0.05, 0) is 43.4 Å². The first-order valence-electron chi connectivity index (χ1n) is 10.0. The highest BCUT2D eigenvalue weighted by Crippen LogP contribution is 2.20. The number of aromatic nitrogens is 4. The molecule has 3 heterocycles. The van der Waals surface area contributed by atoms with Crippen molar-refractivity contribution in [3.63, 3.8) is 0 Å². The molecule has 0 bridgehead atoms. The van der Waals surface area contributed by atoms with Crippen molar-refractivity contribution in [2.45, 2.75) is 46.2 Å². The third-order valence-electron chi connectivity index (χ3n) is 5.25. The number of hydrogen-bond acceptors (Lipinski definition) is 4. The second-order valence-electron chi connectivity index (χ2n) is 8.14. The van der Waals surface area contributed by atoms with Crippen LogP contribution in [-0.4, -0.2) is 44.4 Å². The van der Waals surface area contributed by atoms with Crippen LogP contribution in [0.1, 0.15) is 52.4 Å². The molecule has 1 aliphatic rings. The van der Waals surface area contributed by atoms with Gasteiger partial charge in [-0.1, -0.05) is 30.7 Å². The Morgan fingerprint density at radius 2 is 2.21 bits per heavy atom. The fourth-order valence-corrected chi connectivity index (χ4v) is 3.92. The number of nitrogens with zero attached hydrogens (tertiary/aromatic N) is 3. The van der Waals surface area contributed by atoms with Gasteiger partial charge in [-0.25, -0.2) is 4.68 Å². The zero-order valence-corrected chi connectivity index (χ0v) is 17.0. The second kappa shape index (κ2) is 7.69. The smallest absolute Gasteiger partial charge is 0.274 e. The average molecular weight is 394 g/mol. The Kier molecular flexibility index (Phi) is 5.08. The number of carbonyl (C=O) groups is 2. The van der Waals surface area contributed by atoms with Crippen LogP contribution >= 0.6 is 0 Å². The second-order valence-corrected chi connectivity index (χ2v) is 8.14. The Labute approximate surface area is 169 Å². The molecule has 1 atom stereocenters. The Morgan fingerprint density at radius 1 is 1.38 bits per heavy atom. The number of carbonyl (C=O) groups excluding carboxylic acids is 2. The zero-order valence-electron chi connectivity index (χ0n) is 17.0. The first-order chi connectivity index (χ1) is 13.9. The van der Waals surface area contributed by atoms with E-state index in [1.807, 2.05) is 6.20 Å². The number of amides is 2. The summed E-state index contributed by atoms with van der Waals surface area (Å²) in [6.45, 7) is 7.26. The minimum atomic E-state index is -0.375. The highest BCUT2D eigenvalue weighted by atomic mass is 16.2. The van der Waals surface area contributed by atoms with Crippen LogP contribution in [0.25, 0.3) is 10.9 Å². The van der Waals surface area contributed by atoms with Crippen molar-refractivity contribution in [3.8, 4) is 0 Å². The molecule has 1 aliphatic heterocycles. The van der Waals surface area contributed by atoms with E-state index in [2.05, 4.69) is 64.9 Å². The van der Waals surface area contributed by atoms with Gasteiger partial charge in [0.15, 0.2) is 11.4 Å². The van der Waals surface area contributed by atoms with Gasteiger partial charge in [0, 0.05) is 29.7 Å². The van der Waals surface area contributed by atoms with Crippen LogP contribution in [0.15, 0.2) is 24.4 Å². The fraction of sp³-hybridized carbons (Fsp3) is 0.429. The van der Waals surface area contributed by atoms with E-state index in [1.165, 1.54) is 5.56 Å². The van der Waals surface area contributed by atoms with E-state index in [1.54, 1.807) is 4.68 Å². The molecule has 0 fully saturated rings. The van der Waals surface area contributed by atoms with Crippen LogP contribution in [0.5, 0.6) is 0 Å². The lowest BCUT2D eigenvalue weighted by molar-refractivity contribution is 0.0870. The molecule has 8 heteroatoms. The average Bonchev–Trinajstić information content (AvgIpc) is 3.25. The highest BCUT2D eigenvalue weighted by Gasteiger charge is 2.32. The van der Waals surface area contributed by atoms with Gasteiger partial charge in [-0.15, -0.1) is 5.10 Å². The number of hydrogen-bond donors (Lipinski definition) is 3. The lowest BCUT2D eigenvalue weighted by atomic mass is 10.0. The summed E-state index contributed by atoms with van der Waals surface area (Å²) >= 11 is 0. The third kappa shape index (κ3) is 3.87. The van der Waals surface area contributed by atoms with Crippen LogP contribution in [0, 0.1) is 12.8 Å². The predicted octanol–water partition coefficient (Wildman–Crippen LogP) is 2.20. The molecule has 0 unspecified atom stereocenters. The minimum Gasteiger partial charge on any atom is -0.361 e. The Bertz CT molecular complexity index is 1060. The molecule has 0 saturated carbocycles. The molecule has 8 nitrogen and oxygen atoms in total. The van der Waals surface area contributed by atoms with Gasteiger partial charge in [0.25, 0.3) is 11.8 Å². The zero-order chi connectivity index (χ0) is 20.5. The summed E-state index contributed by atoms with van der Waals surface area (Å²) < 4.78 is 1.54. The maximum atomic E-state index is 12.6. The molecule has 4 rings (SSSR count). The molecule has 0 radical (unpaired) electrons. The van der Waals surface area contributed by atoms with E-state index in [0.717, 1.165) is 22.9 Å². The van der Waals surface area contributed by atoms with Crippen LogP contribution in [-0.2, 0) is 13.0 Å². The van der Waals surface area contributed by atoms with Gasteiger partial charge in [0.1, 0.15) is 0 Å². The summed E-state index contributed by atoms with van der Waals surface area (Å²) in [6.07, 6.45) is 3.51. The number of benzene rings is 1. The summed E-state index contributed by atoms with van der Waals surface area (Å²) in [6, 6.07) is 6.27. The van der Waals surface area contributed by atoms with Crippen LogP contribution in [0.4, 0.5) is 0 Å².